The van der Waals surface area contributed by atoms with Gasteiger partial charge in [0.25, 0.3) is 0 Å². The Labute approximate surface area is 441 Å². The van der Waals surface area contributed by atoms with Crippen LogP contribution in [-0.2, 0) is 28.6 Å². The molecule has 1 unspecified atom stereocenters. The fourth-order valence-electron chi connectivity index (χ4n) is 9.06. The molecular weight excluding hydrogens is 877 g/mol. The molecule has 0 radical (unpaired) electrons. The van der Waals surface area contributed by atoms with Gasteiger partial charge in [-0.25, -0.2) is 0 Å². The topological polar surface area (TPSA) is 78.9 Å². The third-order valence-electron chi connectivity index (χ3n) is 13.8. The smallest absolute Gasteiger partial charge is 0.306 e. The molecule has 0 fully saturated rings. The van der Waals surface area contributed by atoms with E-state index in [2.05, 4.69) is 69.4 Å². The van der Waals surface area contributed by atoms with E-state index < -0.39 is 6.10 Å². The predicted molar refractivity (Wildman–Crippen MR) is 307 cm³/mol. The molecule has 0 heterocycles. The molecule has 1 atom stereocenters. The molecule has 0 spiro atoms. The van der Waals surface area contributed by atoms with Crippen molar-refractivity contribution in [2.75, 3.05) is 13.2 Å². The van der Waals surface area contributed by atoms with E-state index in [4.69, 9.17) is 14.2 Å². The van der Waals surface area contributed by atoms with Crippen molar-refractivity contribution < 1.29 is 28.6 Å². The second-order valence-corrected chi connectivity index (χ2v) is 21.0. The molecule has 0 aromatic rings. The monoisotopic (exact) mass is 995 g/mol. The van der Waals surface area contributed by atoms with Crippen LogP contribution in [0.15, 0.2) is 48.6 Å². The van der Waals surface area contributed by atoms with Crippen LogP contribution in [0.25, 0.3) is 0 Å². The van der Waals surface area contributed by atoms with Crippen LogP contribution in [0.2, 0.25) is 0 Å². The van der Waals surface area contributed by atoms with Crippen LogP contribution in [-0.4, -0.2) is 37.2 Å². The highest BCUT2D eigenvalue weighted by Crippen LogP contribution is 2.16. The van der Waals surface area contributed by atoms with Gasteiger partial charge in [-0.1, -0.05) is 262 Å². The van der Waals surface area contributed by atoms with Gasteiger partial charge < -0.3 is 14.2 Å². The lowest BCUT2D eigenvalue weighted by Gasteiger charge is -2.18. The standard InChI is InChI=1S/C65H118O6/c1-4-7-10-13-16-19-22-25-27-28-29-30-31-32-33-34-35-36-38-40-43-46-49-52-55-58-64(67)70-61-62(60-69-63(66)57-54-51-48-45-42-39-24-21-18-15-12-9-6-3)71-65(68)59-56-53-50-47-44-41-37-26-23-20-17-14-11-8-5-2/h12,15,21,24,26,28-29,37,62H,4-11,13-14,16-20,22-23,25,27,30-36,38-61H2,1-3H3/b15-12-,24-21-,29-28-,37-26-. The van der Waals surface area contributed by atoms with E-state index in [0.29, 0.717) is 19.3 Å². The van der Waals surface area contributed by atoms with Crippen molar-refractivity contribution in [1.82, 2.24) is 0 Å². The van der Waals surface area contributed by atoms with Crippen molar-refractivity contribution in [2.24, 2.45) is 0 Å². The zero-order chi connectivity index (χ0) is 51.4. The van der Waals surface area contributed by atoms with Crippen molar-refractivity contribution in [3.63, 3.8) is 0 Å². The first-order valence-corrected chi connectivity index (χ1v) is 31.1. The summed E-state index contributed by atoms with van der Waals surface area (Å²) in [5, 5.41) is 0. The maximum absolute atomic E-state index is 12.9. The Hall–Kier alpha value is -2.63. The molecule has 0 aromatic heterocycles. The maximum atomic E-state index is 12.9. The summed E-state index contributed by atoms with van der Waals surface area (Å²) >= 11 is 0. The molecule has 0 bridgehead atoms. The quantitative estimate of drug-likeness (QED) is 0.0261. The molecule has 0 saturated carbocycles. The van der Waals surface area contributed by atoms with E-state index in [-0.39, 0.29) is 31.1 Å². The lowest BCUT2D eigenvalue weighted by molar-refractivity contribution is -0.167. The van der Waals surface area contributed by atoms with E-state index in [1.165, 1.54) is 193 Å². The van der Waals surface area contributed by atoms with Crippen LogP contribution in [0.4, 0.5) is 0 Å². The van der Waals surface area contributed by atoms with Gasteiger partial charge in [-0.2, -0.15) is 0 Å². The van der Waals surface area contributed by atoms with Crippen LogP contribution < -0.4 is 0 Å². The highest BCUT2D eigenvalue weighted by molar-refractivity contribution is 5.71. The summed E-state index contributed by atoms with van der Waals surface area (Å²) in [5.41, 5.74) is 0. The Morgan fingerprint density at radius 3 is 0.845 bits per heavy atom. The largest absolute Gasteiger partial charge is 0.462 e. The van der Waals surface area contributed by atoms with Crippen LogP contribution in [0.1, 0.15) is 329 Å². The second-order valence-electron chi connectivity index (χ2n) is 21.0. The SMILES string of the molecule is CCC/C=C\C/C=C\CCCCCCCC(=O)OCC(COC(=O)CCCCCCCCCCCCCCC/C=C\CCCCCCCCCC)OC(=O)CCCCCCC/C=C\CCCCCCCC. The summed E-state index contributed by atoms with van der Waals surface area (Å²) in [6, 6.07) is 0. The molecule has 0 rings (SSSR count). The summed E-state index contributed by atoms with van der Waals surface area (Å²) in [6.45, 7) is 6.59. The van der Waals surface area contributed by atoms with E-state index in [1.54, 1.807) is 0 Å². The van der Waals surface area contributed by atoms with Gasteiger partial charge in [0.05, 0.1) is 0 Å². The fourth-order valence-corrected chi connectivity index (χ4v) is 9.06. The van der Waals surface area contributed by atoms with E-state index in [9.17, 15) is 14.4 Å². The molecule has 0 aliphatic rings. The van der Waals surface area contributed by atoms with Crippen LogP contribution in [0.5, 0.6) is 0 Å². The summed E-state index contributed by atoms with van der Waals surface area (Å²) in [5.74, 6) is -0.887. The number of allylic oxidation sites excluding steroid dienone is 8. The van der Waals surface area contributed by atoms with Crippen molar-refractivity contribution in [3.8, 4) is 0 Å². The molecule has 0 aliphatic heterocycles. The molecule has 414 valence electrons. The Morgan fingerprint density at radius 2 is 0.535 bits per heavy atom. The first kappa shape index (κ1) is 68.4. The zero-order valence-corrected chi connectivity index (χ0v) is 47.5. The number of rotatable bonds is 57. The minimum absolute atomic E-state index is 0.0789. The average molecular weight is 996 g/mol. The highest BCUT2D eigenvalue weighted by Gasteiger charge is 2.19. The number of carbonyl (C=O) groups is 3. The Balaban J connectivity index is 4.25. The van der Waals surface area contributed by atoms with Crippen LogP contribution >= 0.6 is 0 Å². The lowest BCUT2D eigenvalue weighted by Crippen LogP contribution is -2.30. The van der Waals surface area contributed by atoms with Gasteiger partial charge in [-0.05, 0) is 96.3 Å². The van der Waals surface area contributed by atoms with Gasteiger partial charge in [0, 0.05) is 19.3 Å². The summed E-state index contributed by atoms with van der Waals surface area (Å²) in [7, 11) is 0. The molecule has 71 heavy (non-hydrogen) atoms. The minimum atomic E-state index is -0.782. The molecular formula is C65H118O6. The Morgan fingerprint density at radius 1 is 0.282 bits per heavy atom. The predicted octanol–water partition coefficient (Wildman–Crippen LogP) is 21.0. The number of esters is 3. The minimum Gasteiger partial charge on any atom is -0.462 e. The number of carbonyl (C=O) groups excluding carboxylic acids is 3. The molecule has 0 aromatic carbocycles. The van der Waals surface area contributed by atoms with Gasteiger partial charge in [0.2, 0.25) is 0 Å². The number of unbranched alkanes of at least 4 members (excludes halogenated alkanes) is 38. The summed E-state index contributed by atoms with van der Waals surface area (Å²) < 4.78 is 16.9. The van der Waals surface area contributed by atoms with Crippen molar-refractivity contribution >= 4 is 17.9 Å². The molecule has 0 saturated heterocycles. The van der Waals surface area contributed by atoms with Gasteiger partial charge in [-0.15, -0.1) is 0 Å². The van der Waals surface area contributed by atoms with E-state index in [1.807, 2.05) is 0 Å². The third-order valence-corrected chi connectivity index (χ3v) is 13.8. The van der Waals surface area contributed by atoms with Crippen LogP contribution in [0, 0.1) is 0 Å². The van der Waals surface area contributed by atoms with Gasteiger partial charge in [-0.3, -0.25) is 14.4 Å². The molecule has 0 amide bonds. The fraction of sp³-hybridized carbons (Fsp3) is 0.831. The number of hydrogen-bond acceptors (Lipinski definition) is 6. The van der Waals surface area contributed by atoms with Gasteiger partial charge in [0.15, 0.2) is 6.10 Å². The molecule has 0 N–H and O–H groups in total. The average Bonchev–Trinajstić information content (AvgIpc) is 3.37. The van der Waals surface area contributed by atoms with Gasteiger partial charge in [0.1, 0.15) is 13.2 Å². The zero-order valence-electron chi connectivity index (χ0n) is 47.5. The normalized spacial score (nSPS) is 12.3. The number of hydrogen-bond donors (Lipinski definition) is 0. The van der Waals surface area contributed by atoms with Crippen LogP contribution in [0.3, 0.4) is 0 Å². The van der Waals surface area contributed by atoms with Gasteiger partial charge >= 0.3 is 17.9 Å². The van der Waals surface area contributed by atoms with Crippen molar-refractivity contribution in [1.29, 1.82) is 0 Å². The highest BCUT2D eigenvalue weighted by atomic mass is 16.6. The maximum Gasteiger partial charge on any atom is 0.306 e. The van der Waals surface area contributed by atoms with E-state index >= 15 is 0 Å². The first-order valence-electron chi connectivity index (χ1n) is 31.1. The third kappa shape index (κ3) is 58.1. The lowest BCUT2D eigenvalue weighted by atomic mass is 10.0. The molecule has 0 aliphatic carbocycles. The Bertz CT molecular complexity index is 1230. The first-order chi connectivity index (χ1) is 35.0. The van der Waals surface area contributed by atoms with Crippen molar-refractivity contribution in [2.45, 2.75) is 335 Å². The second kappa shape index (κ2) is 59.9. The summed E-state index contributed by atoms with van der Waals surface area (Å²) in [6.07, 6.45) is 74.1. The Kier molecular flexibility index (Phi) is 57.7. The molecule has 6 nitrogen and oxygen atoms in total. The summed E-state index contributed by atoms with van der Waals surface area (Å²) in [4.78, 5) is 38.2. The van der Waals surface area contributed by atoms with E-state index in [0.717, 1.165) is 96.3 Å². The molecule has 6 heteroatoms. The van der Waals surface area contributed by atoms with Crippen molar-refractivity contribution in [3.05, 3.63) is 48.6 Å². The number of ether oxygens (including phenoxy) is 3.